The van der Waals surface area contributed by atoms with Gasteiger partial charge in [-0.05, 0) is 0 Å². The molecule has 0 radical (unpaired) electrons. The van der Waals surface area contributed by atoms with Crippen molar-refractivity contribution < 1.29 is 39.2 Å². The second kappa shape index (κ2) is 9.63. The second-order valence-corrected chi connectivity index (χ2v) is 5.63. The topological polar surface area (TPSA) is 166 Å². The summed E-state index contributed by atoms with van der Waals surface area (Å²) in [6, 6.07) is -2.15. The molecule has 0 unspecified atom stereocenters. The highest BCUT2D eigenvalue weighted by Gasteiger charge is 2.45. The van der Waals surface area contributed by atoms with Crippen molar-refractivity contribution in [2.24, 2.45) is 0 Å². The Bertz CT molecular complexity index is 489. The van der Waals surface area contributed by atoms with Gasteiger partial charge in [0.15, 0.2) is 6.29 Å². The average Bonchev–Trinajstić information content (AvgIpc) is 2.55. The first-order valence-electron chi connectivity index (χ1n) is 7.71. The average molecular weight is 363 g/mol. The molecule has 6 N–H and O–H groups in total. The highest BCUT2D eigenvalue weighted by molar-refractivity contribution is 5.86. The highest BCUT2D eigenvalue weighted by Crippen LogP contribution is 2.22. The van der Waals surface area contributed by atoms with E-state index in [0.717, 1.165) is 0 Å². The van der Waals surface area contributed by atoms with E-state index in [-0.39, 0.29) is 6.61 Å². The van der Waals surface area contributed by atoms with Crippen molar-refractivity contribution in [1.82, 2.24) is 16.0 Å². The van der Waals surface area contributed by atoms with Gasteiger partial charge in [-0.1, -0.05) is 0 Å². The summed E-state index contributed by atoms with van der Waals surface area (Å²) in [5.41, 5.74) is 0. The van der Waals surface area contributed by atoms with Gasteiger partial charge in [0.2, 0.25) is 17.7 Å². The number of hydrogen-bond donors (Lipinski definition) is 6. The number of aliphatic hydroxyl groups is 3. The maximum atomic E-state index is 11.8. The smallest absolute Gasteiger partial charge is 0.244 e. The molecular weight excluding hydrogens is 338 g/mol. The molecule has 3 amide bonds. The maximum absolute atomic E-state index is 11.8. The minimum absolute atomic E-state index is 0.318. The minimum atomic E-state index is -1.46. The van der Waals surface area contributed by atoms with Crippen molar-refractivity contribution in [1.29, 1.82) is 0 Å². The van der Waals surface area contributed by atoms with E-state index in [1.165, 1.54) is 20.9 Å². The first-order valence-corrected chi connectivity index (χ1v) is 7.71. The van der Waals surface area contributed by atoms with Crippen LogP contribution in [0.5, 0.6) is 0 Å². The van der Waals surface area contributed by atoms with Crippen LogP contribution in [0.15, 0.2) is 0 Å². The van der Waals surface area contributed by atoms with Crippen LogP contribution in [0.1, 0.15) is 13.8 Å². The number of rotatable bonds is 7. The van der Waals surface area contributed by atoms with Crippen molar-refractivity contribution in [2.45, 2.75) is 50.5 Å². The number of nitrogens with one attached hydrogen (secondary N) is 3. The Balaban J connectivity index is 2.86. The lowest BCUT2D eigenvalue weighted by atomic mass is 9.97. The fourth-order valence-corrected chi connectivity index (χ4v) is 2.41. The van der Waals surface area contributed by atoms with Crippen molar-refractivity contribution >= 4 is 17.7 Å². The molecule has 0 aromatic rings. The Kier molecular flexibility index (Phi) is 8.19. The largest absolute Gasteiger partial charge is 0.394 e. The fraction of sp³-hybridized carbons (Fsp3) is 0.786. The first-order chi connectivity index (χ1) is 11.7. The van der Waals surface area contributed by atoms with Gasteiger partial charge in [0, 0.05) is 20.9 Å². The van der Waals surface area contributed by atoms with E-state index in [2.05, 4.69) is 16.0 Å². The summed E-state index contributed by atoms with van der Waals surface area (Å²) in [4.78, 5) is 34.3. The van der Waals surface area contributed by atoms with E-state index in [4.69, 9.17) is 9.47 Å². The van der Waals surface area contributed by atoms with E-state index in [9.17, 15) is 29.7 Å². The number of hydrogen-bond acceptors (Lipinski definition) is 8. The molecule has 25 heavy (non-hydrogen) atoms. The van der Waals surface area contributed by atoms with Crippen LogP contribution >= 0.6 is 0 Å². The predicted molar refractivity (Wildman–Crippen MR) is 83.0 cm³/mol. The van der Waals surface area contributed by atoms with Gasteiger partial charge in [0.05, 0.1) is 13.2 Å². The monoisotopic (exact) mass is 363 g/mol. The lowest BCUT2D eigenvalue weighted by Crippen LogP contribution is -2.65. The van der Waals surface area contributed by atoms with Gasteiger partial charge >= 0.3 is 0 Å². The summed E-state index contributed by atoms with van der Waals surface area (Å²) < 4.78 is 10.8. The number of likely N-dealkylation sites (N-methyl/N-ethyl adjacent to an activating group) is 1. The van der Waals surface area contributed by atoms with Gasteiger partial charge in [-0.15, -0.1) is 0 Å². The molecule has 1 saturated heterocycles. The molecule has 1 heterocycles. The third kappa shape index (κ3) is 5.90. The molecular formula is C14H25N3O8. The third-order valence-electron chi connectivity index (χ3n) is 3.62. The van der Waals surface area contributed by atoms with Gasteiger partial charge in [0.25, 0.3) is 0 Å². The van der Waals surface area contributed by atoms with Crippen molar-refractivity contribution in [3.05, 3.63) is 0 Å². The van der Waals surface area contributed by atoms with Crippen LogP contribution in [-0.4, -0.2) is 90.0 Å². The lowest BCUT2D eigenvalue weighted by Gasteiger charge is -2.42. The highest BCUT2D eigenvalue weighted by atomic mass is 16.7. The predicted octanol–water partition coefficient (Wildman–Crippen LogP) is -3.80. The molecule has 0 aromatic heterocycles. The third-order valence-corrected chi connectivity index (χ3v) is 3.62. The lowest BCUT2D eigenvalue weighted by molar-refractivity contribution is -0.270. The number of carbonyl (C=O) groups is 3. The Labute approximate surface area is 144 Å². The number of amides is 3. The standard InChI is InChI=1S/C14H25N3O8/c1-6(19)16-8(13(23)15-3)5-24-14-10(17-7(2)20)12(22)11(21)9(4-18)25-14/h8-12,14,18,21-22H,4-5H2,1-3H3,(H,15,23)(H,16,19)(H,17,20)/t8-,9+,10+,11+,12+,14-/m0/s1. The van der Waals surface area contributed by atoms with E-state index >= 15 is 0 Å². The molecule has 144 valence electrons. The van der Waals surface area contributed by atoms with Crippen LogP contribution in [0.4, 0.5) is 0 Å². The van der Waals surface area contributed by atoms with Crippen LogP contribution in [0.3, 0.4) is 0 Å². The van der Waals surface area contributed by atoms with E-state index in [0.29, 0.717) is 0 Å². The number of aliphatic hydroxyl groups excluding tert-OH is 3. The fourth-order valence-electron chi connectivity index (χ4n) is 2.41. The summed E-state index contributed by atoms with van der Waals surface area (Å²) >= 11 is 0. The zero-order valence-electron chi connectivity index (χ0n) is 14.3. The molecule has 1 fully saturated rings. The molecule has 11 nitrogen and oxygen atoms in total. The molecule has 0 saturated carbocycles. The minimum Gasteiger partial charge on any atom is -0.394 e. The quantitative estimate of drug-likeness (QED) is 0.268. The Morgan fingerprint density at radius 3 is 2.28 bits per heavy atom. The van der Waals surface area contributed by atoms with Crippen molar-refractivity contribution in [3.63, 3.8) is 0 Å². The van der Waals surface area contributed by atoms with Gasteiger partial charge < -0.3 is 40.7 Å². The molecule has 6 atom stereocenters. The van der Waals surface area contributed by atoms with Gasteiger partial charge in [-0.3, -0.25) is 14.4 Å². The first kappa shape index (κ1) is 21.3. The summed E-state index contributed by atoms with van der Waals surface area (Å²) in [6.45, 7) is 1.53. The number of ether oxygens (including phenoxy) is 2. The van der Waals surface area contributed by atoms with Crippen LogP contribution in [-0.2, 0) is 23.9 Å². The van der Waals surface area contributed by atoms with Crippen LogP contribution in [0.2, 0.25) is 0 Å². The van der Waals surface area contributed by atoms with Crippen LogP contribution in [0.25, 0.3) is 0 Å². The molecule has 0 spiro atoms. The van der Waals surface area contributed by atoms with Crippen LogP contribution in [0, 0.1) is 0 Å². The van der Waals surface area contributed by atoms with E-state index < -0.39 is 61.0 Å². The molecule has 1 rings (SSSR count). The van der Waals surface area contributed by atoms with Gasteiger partial charge in [-0.25, -0.2) is 0 Å². The van der Waals surface area contributed by atoms with E-state index in [1.807, 2.05) is 0 Å². The summed E-state index contributed by atoms with van der Waals surface area (Å²) in [5.74, 6) is -1.47. The van der Waals surface area contributed by atoms with Gasteiger partial charge in [-0.2, -0.15) is 0 Å². The molecule has 1 aliphatic rings. The molecule has 1 aliphatic heterocycles. The Morgan fingerprint density at radius 2 is 1.80 bits per heavy atom. The van der Waals surface area contributed by atoms with Crippen molar-refractivity contribution in [3.8, 4) is 0 Å². The van der Waals surface area contributed by atoms with Crippen molar-refractivity contribution in [2.75, 3.05) is 20.3 Å². The van der Waals surface area contributed by atoms with Gasteiger partial charge in [0.1, 0.15) is 30.4 Å². The van der Waals surface area contributed by atoms with Crippen LogP contribution < -0.4 is 16.0 Å². The Morgan fingerprint density at radius 1 is 1.16 bits per heavy atom. The molecule has 0 bridgehead atoms. The maximum Gasteiger partial charge on any atom is 0.244 e. The molecule has 0 aromatic carbocycles. The SMILES string of the molecule is CNC(=O)[C@H](CO[C@H]1O[C@H](CO)[C@@H](O)[C@H](O)[C@H]1NC(C)=O)NC(C)=O. The summed E-state index contributed by atoms with van der Waals surface area (Å²) in [6.07, 6.45) is -5.28. The zero-order chi connectivity index (χ0) is 19.1. The summed E-state index contributed by atoms with van der Waals surface area (Å²) in [7, 11) is 1.39. The van der Waals surface area contributed by atoms with E-state index in [1.54, 1.807) is 0 Å². The number of carbonyl (C=O) groups excluding carboxylic acids is 3. The molecule has 11 heteroatoms. The normalized spacial score (nSPS) is 30.2. The molecule has 0 aliphatic carbocycles. The second-order valence-electron chi connectivity index (χ2n) is 5.63. The Hall–Kier alpha value is -1.79. The summed E-state index contributed by atoms with van der Waals surface area (Å²) in [5, 5.41) is 36.4. The zero-order valence-corrected chi connectivity index (χ0v) is 14.3.